The molecule has 2 nitrogen and oxygen atoms in total. The highest BCUT2D eigenvalue weighted by Gasteiger charge is 2.03. The molecule has 0 spiro atoms. The minimum absolute atomic E-state index is 0.314. The van der Waals surface area contributed by atoms with E-state index in [-0.39, 0.29) is 5.82 Å². The normalized spacial score (nSPS) is 10.2. The van der Waals surface area contributed by atoms with E-state index in [1.165, 1.54) is 29.3 Å². The maximum Gasteiger partial charge on any atom is 0.123 e. The van der Waals surface area contributed by atoms with Gasteiger partial charge >= 0.3 is 0 Å². The lowest BCUT2D eigenvalue weighted by molar-refractivity contribution is 0.619. The first-order valence-corrected chi connectivity index (χ1v) is 6.14. The molecule has 0 aliphatic carbocycles. The third-order valence-corrected chi connectivity index (χ3v) is 2.91. The Bertz CT molecular complexity index is 614. The lowest BCUT2D eigenvalue weighted by Gasteiger charge is -2.07. The van der Waals surface area contributed by atoms with E-state index in [1.807, 2.05) is 25.1 Å². The van der Waals surface area contributed by atoms with Gasteiger partial charge in [-0.05, 0) is 36.2 Å². The van der Waals surface area contributed by atoms with Crippen molar-refractivity contribution >= 4 is 0 Å². The first-order valence-electron chi connectivity index (χ1n) is 6.14. The van der Waals surface area contributed by atoms with Gasteiger partial charge < -0.3 is 5.32 Å². The number of halogens is 1. The van der Waals surface area contributed by atoms with Gasteiger partial charge in [0.05, 0.1) is 11.6 Å². The molecule has 2 aromatic rings. The van der Waals surface area contributed by atoms with Crippen LogP contribution in [0.1, 0.15) is 22.3 Å². The molecule has 0 bridgehead atoms. The van der Waals surface area contributed by atoms with E-state index in [2.05, 4.69) is 17.5 Å². The zero-order valence-corrected chi connectivity index (χ0v) is 10.8. The van der Waals surface area contributed by atoms with Crippen LogP contribution < -0.4 is 5.32 Å². The SMILES string of the molecule is Cc1cccc(CNCc2cc(F)ccc2C#N)c1. The monoisotopic (exact) mass is 254 g/mol. The quantitative estimate of drug-likeness (QED) is 0.908. The summed E-state index contributed by atoms with van der Waals surface area (Å²) in [4.78, 5) is 0. The van der Waals surface area contributed by atoms with Crippen LogP contribution >= 0.6 is 0 Å². The minimum Gasteiger partial charge on any atom is -0.309 e. The predicted octanol–water partition coefficient (Wildman–Crippen LogP) is 3.30. The summed E-state index contributed by atoms with van der Waals surface area (Å²) in [7, 11) is 0. The highest BCUT2D eigenvalue weighted by atomic mass is 19.1. The summed E-state index contributed by atoms with van der Waals surface area (Å²) < 4.78 is 13.1. The number of rotatable bonds is 4. The third kappa shape index (κ3) is 3.64. The van der Waals surface area contributed by atoms with Crippen LogP contribution in [0, 0.1) is 24.1 Å². The molecule has 0 radical (unpaired) electrons. The van der Waals surface area contributed by atoms with E-state index in [1.54, 1.807) is 0 Å². The molecule has 0 aliphatic heterocycles. The molecule has 96 valence electrons. The Morgan fingerprint density at radius 3 is 2.74 bits per heavy atom. The third-order valence-electron chi connectivity index (χ3n) is 2.91. The number of hydrogen-bond donors (Lipinski definition) is 1. The maximum absolute atomic E-state index is 13.1. The van der Waals surface area contributed by atoms with Gasteiger partial charge in [-0.3, -0.25) is 0 Å². The average molecular weight is 254 g/mol. The number of nitriles is 1. The van der Waals surface area contributed by atoms with Gasteiger partial charge in [-0.25, -0.2) is 4.39 Å². The van der Waals surface area contributed by atoms with Gasteiger partial charge in [-0.2, -0.15) is 5.26 Å². The summed E-state index contributed by atoms with van der Waals surface area (Å²) in [6.07, 6.45) is 0. The number of aryl methyl sites for hydroxylation is 1. The summed E-state index contributed by atoms with van der Waals surface area (Å²) in [6.45, 7) is 3.22. The smallest absolute Gasteiger partial charge is 0.123 e. The van der Waals surface area contributed by atoms with E-state index in [0.29, 0.717) is 24.2 Å². The van der Waals surface area contributed by atoms with Crippen LogP contribution in [0.15, 0.2) is 42.5 Å². The number of hydrogen-bond acceptors (Lipinski definition) is 2. The Hall–Kier alpha value is -2.18. The predicted molar refractivity (Wildman–Crippen MR) is 72.8 cm³/mol. The number of benzene rings is 2. The van der Waals surface area contributed by atoms with Crippen LogP contribution in [-0.2, 0) is 13.1 Å². The zero-order valence-electron chi connectivity index (χ0n) is 10.8. The molecule has 0 saturated carbocycles. The van der Waals surface area contributed by atoms with Gasteiger partial charge in [0.2, 0.25) is 0 Å². The van der Waals surface area contributed by atoms with Crippen molar-refractivity contribution in [1.82, 2.24) is 5.32 Å². The summed E-state index contributed by atoms with van der Waals surface area (Å²) >= 11 is 0. The summed E-state index contributed by atoms with van der Waals surface area (Å²) in [5, 5.41) is 12.2. The number of nitrogens with one attached hydrogen (secondary N) is 1. The molecule has 2 rings (SSSR count). The van der Waals surface area contributed by atoms with Gasteiger partial charge in [0.1, 0.15) is 5.82 Å². The average Bonchev–Trinajstić information content (AvgIpc) is 2.39. The lowest BCUT2D eigenvalue weighted by Crippen LogP contribution is -2.13. The fraction of sp³-hybridized carbons (Fsp3) is 0.188. The topological polar surface area (TPSA) is 35.8 Å². The van der Waals surface area contributed by atoms with Gasteiger partial charge in [-0.15, -0.1) is 0 Å². The van der Waals surface area contributed by atoms with Crippen LogP contribution in [0.4, 0.5) is 4.39 Å². The zero-order chi connectivity index (χ0) is 13.7. The summed E-state index contributed by atoms with van der Waals surface area (Å²) in [6, 6.07) is 14.5. The van der Waals surface area contributed by atoms with E-state index in [4.69, 9.17) is 5.26 Å². The second kappa shape index (κ2) is 6.12. The summed E-state index contributed by atoms with van der Waals surface area (Å²) in [5.41, 5.74) is 3.59. The first kappa shape index (κ1) is 13.3. The van der Waals surface area contributed by atoms with Gasteiger partial charge in [0.15, 0.2) is 0 Å². The molecule has 0 atom stereocenters. The molecule has 0 unspecified atom stereocenters. The molecule has 0 aromatic heterocycles. The molecule has 0 heterocycles. The van der Waals surface area contributed by atoms with E-state index in [9.17, 15) is 4.39 Å². The Balaban J connectivity index is 2.00. The molecule has 0 aliphatic rings. The Kier molecular flexibility index (Phi) is 4.27. The lowest BCUT2D eigenvalue weighted by atomic mass is 10.1. The minimum atomic E-state index is -0.314. The first-order chi connectivity index (χ1) is 9.19. The largest absolute Gasteiger partial charge is 0.309 e. The van der Waals surface area contributed by atoms with E-state index in [0.717, 1.165) is 0 Å². The van der Waals surface area contributed by atoms with Crippen LogP contribution in [0.5, 0.6) is 0 Å². The summed E-state index contributed by atoms with van der Waals surface area (Å²) in [5.74, 6) is -0.314. The van der Waals surface area contributed by atoms with Gasteiger partial charge in [0, 0.05) is 13.1 Å². The van der Waals surface area contributed by atoms with Crippen molar-refractivity contribution in [2.45, 2.75) is 20.0 Å². The van der Waals surface area contributed by atoms with Crippen molar-refractivity contribution in [1.29, 1.82) is 5.26 Å². The van der Waals surface area contributed by atoms with Crippen molar-refractivity contribution in [3.8, 4) is 6.07 Å². The second-order valence-electron chi connectivity index (χ2n) is 4.51. The van der Waals surface area contributed by atoms with Crippen molar-refractivity contribution in [3.05, 3.63) is 70.5 Å². The molecular weight excluding hydrogens is 239 g/mol. The Labute approximate surface area is 112 Å². The van der Waals surface area contributed by atoms with Crippen LogP contribution in [-0.4, -0.2) is 0 Å². The van der Waals surface area contributed by atoms with Crippen molar-refractivity contribution in [2.75, 3.05) is 0 Å². The maximum atomic E-state index is 13.1. The Morgan fingerprint density at radius 1 is 1.16 bits per heavy atom. The van der Waals surface area contributed by atoms with E-state index >= 15 is 0 Å². The van der Waals surface area contributed by atoms with Gasteiger partial charge in [0.25, 0.3) is 0 Å². The van der Waals surface area contributed by atoms with Crippen LogP contribution in [0.3, 0.4) is 0 Å². The fourth-order valence-corrected chi connectivity index (χ4v) is 1.98. The molecule has 0 saturated heterocycles. The van der Waals surface area contributed by atoms with Crippen LogP contribution in [0.2, 0.25) is 0 Å². The molecule has 0 amide bonds. The van der Waals surface area contributed by atoms with E-state index < -0.39 is 0 Å². The Morgan fingerprint density at radius 2 is 2.00 bits per heavy atom. The van der Waals surface area contributed by atoms with Crippen molar-refractivity contribution in [2.24, 2.45) is 0 Å². The molecule has 2 aromatic carbocycles. The highest BCUT2D eigenvalue weighted by molar-refractivity contribution is 5.37. The van der Waals surface area contributed by atoms with Gasteiger partial charge in [-0.1, -0.05) is 29.8 Å². The molecule has 3 heteroatoms. The van der Waals surface area contributed by atoms with Crippen LogP contribution in [0.25, 0.3) is 0 Å². The highest BCUT2D eigenvalue weighted by Crippen LogP contribution is 2.11. The number of nitrogens with zero attached hydrogens (tertiary/aromatic N) is 1. The second-order valence-corrected chi connectivity index (χ2v) is 4.51. The fourth-order valence-electron chi connectivity index (χ4n) is 1.98. The van der Waals surface area contributed by atoms with Crippen molar-refractivity contribution in [3.63, 3.8) is 0 Å². The molecular formula is C16H15FN2. The van der Waals surface area contributed by atoms with Crippen molar-refractivity contribution < 1.29 is 4.39 Å². The molecule has 0 fully saturated rings. The molecule has 1 N–H and O–H groups in total. The standard InChI is InChI=1S/C16H15FN2/c1-12-3-2-4-13(7-12)10-19-11-15-8-16(17)6-5-14(15)9-18/h2-8,19H,10-11H2,1H3. The molecule has 19 heavy (non-hydrogen) atoms.